The molecule has 33 heavy (non-hydrogen) atoms. The van der Waals surface area contributed by atoms with Crippen molar-refractivity contribution in [2.45, 2.75) is 25.8 Å². The lowest BCUT2D eigenvalue weighted by Gasteiger charge is -2.30. The Morgan fingerprint density at radius 1 is 1.03 bits per heavy atom. The fourth-order valence-corrected chi connectivity index (χ4v) is 4.31. The highest BCUT2D eigenvalue weighted by Gasteiger charge is 2.43. The number of rotatable bonds is 6. The zero-order chi connectivity index (χ0) is 23.4. The number of nitrogens with zero attached hydrogens (tertiary/aromatic N) is 2. The van der Waals surface area contributed by atoms with E-state index in [1.165, 1.54) is 4.90 Å². The predicted octanol–water partition coefficient (Wildman–Crippen LogP) is 5.22. The van der Waals surface area contributed by atoms with E-state index in [9.17, 15) is 9.59 Å². The van der Waals surface area contributed by atoms with E-state index in [4.69, 9.17) is 23.8 Å². The summed E-state index contributed by atoms with van der Waals surface area (Å²) in [6.45, 7) is 2.46. The maximum absolute atomic E-state index is 13.4. The summed E-state index contributed by atoms with van der Waals surface area (Å²) in [5, 5.41) is 4.21. The molecule has 0 radical (unpaired) electrons. The molecular formula is C26H24ClN3O2S. The molecule has 1 atom stereocenters. The average Bonchev–Trinajstić information content (AvgIpc) is 3.10. The smallest absolute Gasteiger partial charge is 0.257 e. The van der Waals surface area contributed by atoms with Crippen LogP contribution in [0.1, 0.15) is 17.5 Å². The Bertz CT molecular complexity index is 1150. The molecule has 1 aliphatic rings. The monoisotopic (exact) mass is 477 g/mol. The van der Waals surface area contributed by atoms with Crippen LogP contribution in [0, 0.1) is 6.92 Å². The predicted molar refractivity (Wildman–Crippen MR) is 137 cm³/mol. The number of halogens is 1. The van der Waals surface area contributed by atoms with Crippen molar-refractivity contribution in [1.29, 1.82) is 0 Å². The van der Waals surface area contributed by atoms with Crippen LogP contribution in [-0.2, 0) is 16.0 Å². The Hall–Kier alpha value is -3.22. The van der Waals surface area contributed by atoms with Crippen molar-refractivity contribution in [2.75, 3.05) is 16.8 Å². The minimum Gasteiger partial charge on any atom is -0.336 e. The Morgan fingerprint density at radius 2 is 1.70 bits per heavy atom. The summed E-state index contributed by atoms with van der Waals surface area (Å²) in [5.41, 5.74) is 3.54. The highest BCUT2D eigenvalue weighted by atomic mass is 35.5. The third kappa shape index (κ3) is 5.41. The van der Waals surface area contributed by atoms with Crippen molar-refractivity contribution in [3.8, 4) is 0 Å². The third-order valence-electron chi connectivity index (χ3n) is 5.63. The van der Waals surface area contributed by atoms with Crippen LogP contribution < -0.4 is 10.2 Å². The van der Waals surface area contributed by atoms with Gasteiger partial charge in [-0.3, -0.25) is 9.59 Å². The standard InChI is InChI=1S/C26H24ClN3O2S/c1-18-7-13-22(14-8-18)30-24(31)17-23(25(30)32)29(16-15-19-5-3-2-4-6-19)26(33)28-21-11-9-20(27)10-12-21/h2-14,23H,15-17H2,1H3,(H,28,33)/t23-/m1/s1. The first-order valence-electron chi connectivity index (χ1n) is 10.7. The quantitative estimate of drug-likeness (QED) is 0.389. The number of hydrogen-bond acceptors (Lipinski definition) is 3. The lowest BCUT2D eigenvalue weighted by atomic mass is 10.1. The Kier molecular flexibility index (Phi) is 7.06. The van der Waals surface area contributed by atoms with Crippen LogP contribution in [0.5, 0.6) is 0 Å². The first-order chi connectivity index (χ1) is 15.9. The highest BCUT2D eigenvalue weighted by molar-refractivity contribution is 7.80. The van der Waals surface area contributed by atoms with E-state index >= 15 is 0 Å². The molecule has 0 bridgehead atoms. The molecule has 0 unspecified atom stereocenters. The lowest BCUT2D eigenvalue weighted by Crippen LogP contribution is -2.48. The second-order valence-electron chi connectivity index (χ2n) is 7.99. The van der Waals surface area contributed by atoms with Crippen LogP contribution in [0.3, 0.4) is 0 Å². The van der Waals surface area contributed by atoms with Gasteiger partial charge >= 0.3 is 0 Å². The molecule has 0 saturated carbocycles. The number of thiocarbonyl (C=S) groups is 1. The third-order valence-corrected chi connectivity index (χ3v) is 6.22. The van der Waals surface area contributed by atoms with Gasteiger partial charge in [-0.1, -0.05) is 59.6 Å². The molecule has 0 aromatic heterocycles. The molecule has 5 nitrogen and oxygen atoms in total. The average molecular weight is 478 g/mol. The number of carbonyl (C=O) groups is 2. The number of aryl methyl sites for hydroxylation is 1. The first kappa shape index (κ1) is 23.0. The molecule has 7 heteroatoms. The van der Waals surface area contributed by atoms with Crippen molar-refractivity contribution in [2.24, 2.45) is 0 Å². The summed E-state index contributed by atoms with van der Waals surface area (Å²) in [7, 11) is 0. The maximum Gasteiger partial charge on any atom is 0.257 e. The lowest BCUT2D eigenvalue weighted by molar-refractivity contribution is -0.122. The second kappa shape index (κ2) is 10.1. The van der Waals surface area contributed by atoms with Crippen LogP contribution in [0.4, 0.5) is 11.4 Å². The normalized spacial score (nSPS) is 15.6. The Labute approximate surface area is 204 Å². The van der Waals surface area contributed by atoms with Crippen LogP contribution in [0.2, 0.25) is 5.02 Å². The molecule has 1 aliphatic heterocycles. The molecule has 0 spiro atoms. The summed E-state index contributed by atoms with van der Waals surface area (Å²) in [6, 6.07) is 23.9. The van der Waals surface area contributed by atoms with E-state index in [0.29, 0.717) is 28.8 Å². The highest BCUT2D eigenvalue weighted by Crippen LogP contribution is 2.27. The molecule has 1 N–H and O–H groups in total. The molecule has 168 valence electrons. The summed E-state index contributed by atoms with van der Waals surface area (Å²) in [5.74, 6) is -0.495. The van der Waals surface area contributed by atoms with Crippen LogP contribution in [0.25, 0.3) is 0 Å². The van der Waals surface area contributed by atoms with E-state index in [1.807, 2.05) is 66.4 Å². The number of anilines is 2. The molecule has 0 aliphatic carbocycles. The van der Waals surface area contributed by atoms with E-state index in [2.05, 4.69) is 5.32 Å². The van der Waals surface area contributed by atoms with Gasteiger partial charge in [0.2, 0.25) is 5.91 Å². The van der Waals surface area contributed by atoms with Crippen molar-refractivity contribution in [3.05, 3.63) is 95.0 Å². The van der Waals surface area contributed by atoms with Gasteiger partial charge in [0.15, 0.2) is 5.11 Å². The van der Waals surface area contributed by atoms with E-state index < -0.39 is 6.04 Å². The summed E-state index contributed by atoms with van der Waals surface area (Å²) in [6.07, 6.45) is 0.760. The fraction of sp³-hybridized carbons (Fsp3) is 0.192. The van der Waals surface area contributed by atoms with Gasteiger partial charge < -0.3 is 10.2 Å². The van der Waals surface area contributed by atoms with Gasteiger partial charge in [0.05, 0.1) is 12.1 Å². The maximum atomic E-state index is 13.4. The van der Waals surface area contributed by atoms with E-state index in [-0.39, 0.29) is 18.2 Å². The van der Waals surface area contributed by atoms with E-state index in [0.717, 1.165) is 16.8 Å². The molecule has 1 fully saturated rings. The number of hydrogen-bond donors (Lipinski definition) is 1. The van der Waals surface area contributed by atoms with Gasteiger partial charge in [-0.15, -0.1) is 0 Å². The summed E-state index contributed by atoms with van der Waals surface area (Å²) < 4.78 is 0. The second-order valence-corrected chi connectivity index (χ2v) is 8.81. The largest absolute Gasteiger partial charge is 0.336 e. The van der Waals surface area contributed by atoms with Crippen molar-refractivity contribution < 1.29 is 9.59 Å². The topological polar surface area (TPSA) is 52.7 Å². The SMILES string of the molecule is Cc1ccc(N2C(=O)C[C@@H](N(CCc3ccccc3)C(=S)Nc3ccc(Cl)cc3)C2=O)cc1. The minimum absolute atomic E-state index is 0.0734. The van der Waals surface area contributed by atoms with Gasteiger partial charge in [0.1, 0.15) is 6.04 Å². The summed E-state index contributed by atoms with van der Waals surface area (Å²) >= 11 is 11.7. The van der Waals surface area contributed by atoms with Gasteiger partial charge in [0.25, 0.3) is 5.91 Å². The molecular weight excluding hydrogens is 454 g/mol. The van der Waals surface area contributed by atoms with Gasteiger partial charge in [-0.05, 0) is 67.5 Å². The number of benzene rings is 3. The zero-order valence-corrected chi connectivity index (χ0v) is 19.8. The molecule has 4 rings (SSSR count). The molecule has 1 heterocycles. The molecule has 2 amide bonds. The first-order valence-corrected chi connectivity index (χ1v) is 11.5. The van der Waals surface area contributed by atoms with Crippen LogP contribution in [0.15, 0.2) is 78.9 Å². The number of imide groups is 1. The minimum atomic E-state index is -0.671. The Balaban J connectivity index is 1.58. The van der Waals surface area contributed by atoms with Crippen LogP contribution >= 0.6 is 23.8 Å². The van der Waals surface area contributed by atoms with Crippen molar-refractivity contribution in [1.82, 2.24) is 4.90 Å². The van der Waals surface area contributed by atoms with Gasteiger partial charge in [-0.25, -0.2) is 4.90 Å². The summed E-state index contributed by atoms with van der Waals surface area (Å²) in [4.78, 5) is 29.4. The number of amides is 2. The van der Waals surface area contributed by atoms with Gasteiger partial charge in [0, 0.05) is 17.3 Å². The number of carbonyl (C=O) groups excluding carboxylic acids is 2. The van der Waals surface area contributed by atoms with E-state index in [1.54, 1.807) is 24.3 Å². The van der Waals surface area contributed by atoms with Crippen LogP contribution in [-0.4, -0.2) is 34.4 Å². The Morgan fingerprint density at radius 3 is 2.36 bits per heavy atom. The molecule has 3 aromatic rings. The molecule has 3 aromatic carbocycles. The molecule has 1 saturated heterocycles. The zero-order valence-electron chi connectivity index (χ0n) is 18.2. The van der Waals surface area contributed by atoms with Gasteiger partial charge in [-0.2, -0.15) is 0 Å². The van der Waals surface area contributed by atoms with Crippen molar-refractivity contribution >= 4 is 52.1 Å². The fourth-order valence-electron chi connectivity index (χ4n) is 3.85. The number of nitrogens with one attached hydrogen (secondary N) is 1. The van der Waals surface area contributed by atoms with Crippen molar-refractivity contribution in [3.63, 3.8) is 0 Å².